The number of unbranched alkanes of at least 4 members (excludes halogenated alkanes) is 50. The highest BCUT2D eigenvalue weighted by Gasteiger charge is 2.54. The number of carbonyl (C=O) groups excluding carboxylic acids is 6. The molecule has 2 heterocycles. The molecule has 24 heteroatoms. The smallest absolute Gasteiger partial charge is 0.462 e. The molecule has 0 saturated carbocycles. The molecule has 8 N–H and O–H groups in total. The van der Waals surface area contributed by atoms with Gasteiger partial charge in [0.15, 0.2) is 18.5 Å². The third-order valence-corrected chi connectivity index (χ3v) is 24.4. The van der Waals surface area contributed by atoms with Crippen LogP contribution in [0.3, 0.4) is 0 Å². The van der Waals surface area contributed by atoms with Crippen molar-refractivity contribution in [3.8, 4) is 0 Å². The van der Waals surface area contributed by atoms with Crippen LogP contribution in [-0.4, -0.2) is 165 Å². The van der Waals surface area contributed by atoms with Crippen LogP contribution in [0.25, 0.3) is 0 Å². The van der Waals surface area contributed by atoms with Crippen LogP contribution in [0.4, 0.5) is 0 Å². The number of phosphoric ester groups is 1. The van der Waals surface area contributed by atoms with E-state index < -0.39 is 162 Å². The summed E-state index contributed by atoms with van der Waals surface area (Å²) in [5, 5.41) is 51.8. The van der Waals surface area contributed by atoms with Gasteiger partial charge < -0.3 is 74.0 Å². The molecule has 0 spiro atoms. The summed E-state index contributed by atoms with van der Waals surface area (Å²) in [4.78, 5) is 107. The first-order chi connectivity index (χ1) is 57.6. The van der Waals surface area contributed by atoms with Gasteiger partial charge >= 0.3 is 31.7 Å². The molecule has 756 valence electrons. The summed E-state index contributed by atoms with van der Waals surface area (Å²) in [6.07, 6.45) is 41.5. The van der Waals surface area contributed by atoms with Crippen LogP contribution >= 0.6 is 7.82 Å². The number of aliphatic hydroxyl groups is 4. The van der Waals surface area contributed by atoms with E-state index in [1.165, 1.54) is 141 Å². The number of hydrogen-bond acceptors (Lipinski definition) is 19. The molecule has 23 nitrogen and oxygen atoms in total. The van der Waals surface area contributed by atoms with Crippen LogP contribution in [0, 0.1) is 0 Å². The largest absolute Gasteiger partial charge is 0.470 e. The Hall–Kier alpha value is -3.35. The van der Waals surface area contributed by atoms with Crippen molar-refractivity contribution in [3.05, 3.63) is 0 Å². The van der Waals surface area contributed by atoms with Crippen LogP contribution in [0.15, 0.2) is 0 Å². The molecular formula is C102H207N2O21P. The number of nitrogens with one attached hydrogen (secondary N) is 2. The van der Waals surface area contributed by atoms with E-state index in [1.54, 1.807) is 6.92 Å². The number of esters is 4. The van der Waals surface area contributed by atoms with Gasteiger partial charge in [0.1, 0.15) is 42.7 Å². The van der Waals surface area contributed by atoms with Crippen molar-refractivity contribution in [3.63, 3.8) is 0 Å². The minimum absolute atomic E-state index is 0. The Balaban J connectivity index is -0.00000514. The third kappa shape index (κ3) is 70.4. The van der Waals surface area contributed by atoms with Crippen molar-refractivity contribution < 1.29 is 101 Å². The summed E-state index contributed by atoms with van der Waals surface area (Å²) < 4.78 is 62.7. The standard InChI is InChI=1S/C95H179N2O21P.7CH4/c1-8-14-20-26-32-38-39-45-51-57-63-69-86(104)114-80(67-61-55-49-43-36-30-24-18-12-5)73-88(106)117-94-90(97-84(102)72-79(66-60-54-48-42-35-29-23-17-11-4)113-85(103)68-62-56-50-44-37-31-25-19-13-6)95(115-81(74-98)92(94)118-119(108,109)110)111-75-82-91(107)93(116-87(105)71-78(100)65-59-53-47-41-34-28-22-16-10-3)89(76(7)112-82)96-83(101)70-77(99)64-58-52-46-40-33-27-21-15-9-2;;;;;;;/h76-82,89-95,98-100,107H,8-75H2,1-7H3,(H,96,101)(H,97,102)(H2,108,109,110);7*1H4/t76?,77-,78-,79-,80-,81?,82?,89?,90?,91-,92-,93-,94-,95-;;;;;;;/m1......./s1. The molecule has 2 aliphatic rings. The van der Waals surface area contributed by atoms with Crippen LogP contribution < -0.4 is 10.6 Å². The highest BCUT2D eigenvalue weighted by atomic mass is 31.2. The van der Waals surface area contributed by atoms with Crippen LogP contribution in [0.2, 0.25) is 0 Å². The van der Waals surface area contributed by atoms with Crippen LogP contribution in [0.5, 0.6) is 0 Å². The van der Waals surface area contributed by atoms with Gasteiger partial charge in [0.25, 0.3) is 0 Å². The lowest BCUT2D eigenvalue weighted by molar-refractivity contribution is -0.285. The van der Waals surface area contributed by atoms with Crippen molar-refractivity contribution in [2.24, 2.45) is 0 Å². The molecular weight excluding hydrogens is 1620 g/mol. The molecule has 126 heavy (non-hydrogen) atoms. The van der Waals surface area contributed by atoms with Crippen LogP contribution in [-0.2, 0) is 71.0 Å². The van der Waals surface area contributed by atoms with Gasteiger partial charge in [-0.2, -0.15) is 0 Å². The molecule has 0 radical (unpaired) electrons. The van der Waals surface area contributed by atoms with Gasteiger partial charge in [0, 0.05) is 12.8 Å². The molecule has 5 unspecified atom stereocenters. The Morgan fingerprint density at radius 1 is 0.349 bits per heavy atom. The van der Waals surface area contributed by atoms with E-state index in [9.17, 15) is 58.8 Å². The highest BCUT2D eigenvalue weighted by molar-refractivity contribution is 7.46. The fourth-order valence-electron chi connectivity index (χ4n) is 16.6. The Morgan fingerprint density at radius 3 is 0.992 bits per heavy atom. The normalized spacial score (nSPS) is 19.4. The van der Waals surface area contributed by atoms with E-state index >= 15 is 4.79 Å². The molecule has 2 fully saturated rings. The van der Waals surface area contributed by atoms with Gasteiger partial charge in [0.2, 0.25) is 11.8 Å². The van der Waals surface area contributed by atoms with E-state index in [-0.39, 0.29) is 71.2 Å². The van der Waals surface area contributed by atoms with E-state index in [1.807, 2.05) is 0 Å². The minimum atomic E-state index is -5.59. The van der Waals surface area contributed by atoms with Gasteiger partial charge in [-0.05, 0) is 58.3 Å². The topological polar surface area (TPSA) is 339 Å². The molecule has 0 aromatic carbocycles. The van der Waals surface area contributed by atoms with E-state index in [4.69, 9.17) is 37.7 Å². The summed E-state index contributed by atoms with van der Waals surface area (Å²) >= 11 is 0. The molecule has 0 bridgehead atoms. The molecule has 14 atom stereocenters. The van der Waals surface area contributed by atoms with E-state index in [2.05, 4.69) is 52.2 Å². The fraction of sp³-hybridized carbons (Fsp3) is 0.941. The van der Waals surface area contributed by atoms with Crippen molar-refractivity contribution in [1.82, 2.24) is 10.6 Å². The Kier molecular flexibility index (Phi) is 94.8. The number of rotatable bonds is 82. The molecule has 0 aromatic rings. The lowest BCUT2D eigenvalue weighted by Crippen LogP contribution is -2.67. The SMILES string of the molecule is C.C.C.C.C.C.C.CCCCCCCCCCCCCC(=O)O[C@H](CCCCCCCCCCC)CC(=O)O[C@@H]1C(NC(=O)C[C@@H](CCCCCCCCCCC)OC(=O)CCCCCCCCCCC)[C@H](OCC2OC(C)C(NC(=O)C[C@H](O)CCCCCCCCCCC)[C@@H](OC(=O)C[C@H](O)CCCCCCCCCCC)[C@@H]2O)OC(CO)[C@H]1OP(=O)(O)O. The van der Waals surface area contributed by atoms with E-state index in [0.717, 1.165) is 180 Å². The molecule has 2 rings (SSSR count). The maximum absolute atomic E-state index is 15.1. The predicted molar refractivity (Wildman–Crippen MR) is 520 cm³/mol. The first-order valence-electron chi connectivity index (χ1n) is 49.3. The van der Waals surface area contributed by atoms with Gasteiger partial charge in [0.05, 0.1) is 63.3 Å². The molecule has 2 aliphatic heterocycles. The first kappa shape index (κ1) is 133. The average molecular weight is 1830 g/mol. The number of aliphatic hydroxyl groups excluding tert-OH is 4. The Bertz CT molecular complexity index is 2520. The molecule has 2 saturated heterocycles. The van der Waals surface area contributed by atoms with Crippen molar-refractivity contribution in [2.45, 2.75) is 610 Å². The first-order valence-corrected chi connectivity index (χ1v) is 50.8. The van der Waals surface area contributed by atoms with Gasteiger partial charge in [-0.3, -0.25) is 33.3 Å². The van der Waals surface area contributed by atoms with Gasteiger partial charge in [-0.1, -0.05) is 427 Å². The van der Waals surface area contributed by atoms with E-state index in [0.29, 0.717) is 64.2 Å². The van der Waals surface area contributed by atoms with Crippen molar-refractivity contribution >= 4 is 43.5 Å². The Morgan fingerprint density at radius 2 is 0.643 bits per heavy atom. The number of amides is 2. The quantitative estimate of drug-likeness (QED) is 0.0121. The monoisotopic (exact) mass is 1830 g/mol. The second-order valence-electron chi connectivity index (χ2n) is 35.3. The zero-order valence-electron chi connectivity index (χ0n) is 76.4. The zero-order chi connectivity index (χ0) is 87.2. The second-order valence-corrected chi connectivity index (χ2v) is 36.5. The summed E-state index contributed by atoms with van der Waals surface area (Å²) in [5.41, 5.74) is 0. The summed E-state index contributed by atoms with van der Waals surface area (Å²) in [5.74, 6) is -4.17. The van der Waals surface area contributed by atoms with Crippen LogP contribution in [0.1, 0.15) is 524 Å². The predicted octanol–water partition coefficient (Wildman–Crippen LogP) is 26.0. The lowest BCUT2D eigenvalue weighted by atomic mass is 9.92. The number of carbonyl (C=O) groups is 6. The molecule has 0 aliphatic carbocycles. The van der Waals surface area contributed by atoms with Gasteiger partial charge in [-0.25, -0.2) is 4.57 Å². The number of phosphoric acid groups is 1. The zero-order valence-corrected chi connectivity index (χ0v) is 77.3. The second kappa shape index (κ2) is 89.5. The summed E-state index contributed by atoms with van der Waals surface area (Å²) in [6, 6.07) is -2.96. The summed E-state index contributed by atoms with van der Waals surface area (Å²) in [6.45, 7) is 13.1. The average Bonchev–Trinajstić information content (AvgIpc) is 0.774. The molecule has 2 amide bonds. The number of hydrogen-bond donors (Lipinski definition) is 8. The third-order valence-electron chi connectivity index (χ3n) is 23.9. The maximum Gasteiger partial charge on any atom is 0.470 e. The lowest BCUT2D eigenvalue weighted by Gasteiger charge is -2.47. The minimum Gasteiger partial charge on any atom is -0.462 e. The summed E-state index contributed by atoms with van der Waals surface area (Å²) in [7, 11) is -5.59. The number of ether oxygens (including phenoxy) is 7. The van der Waals surface area contributed by atoms with Gasteiger partial charge in [-0.15, -0.1) is 0 Å². The highest BCUT2D eigenvalue weighted by Crippen LogP contribution is 2.43. The molecule has 0 aromatic heterocycles. The van der Waals surface area contributed by atoms with Crippen molar-refractivity contribution in [2.75, 3.05) is 13.2 Å². The maximum atomic E-state index is 15.1. The van der Waals surface area contributed by atoms with Crippen molar-refractivity contribution in [1.29, 1.82) is 0 Å². The Labute approximate surface area is 774 Å². The fourth-order valence-corrected chi connectivity index (χ4v) is 17.2.